The Morgan fingerprint density at radius 2 is 1.33 bits per heavy atom. The highest BCUT2D eigenvalue weighted by Crippen LogP contribution is 2.20. The highest BCUT2D eigenvalue weighted by Gasteiger charge is 2.28. The third kappa shape index (κ3) is 3.71. The van der Waals surface area contributed by atoms with Gasteiger partial charge in [0.2, 0.25) is 0 Å². The first kappa shape index (κ1) is 15.5. The third-order valence-corrected chi connectivity index (χ3v) is 10.3. The van der Waals surface area contributed by atoms with Gasteiger partial charge in [0.1, 0.15) is 0 Å². The number of hydrogen-bond donors (Lipinski definition) is 0. The molecule has 0 radical (unpaired) electrons. The second-order valence-corrected chi connectivity index (χ2v) is 10.8. The van der Waals surface area contributed by atoms with E-state index in [-0.39, 0.29) is 0 Å². The minimum Gasteiger partial charge on any atom is -0.0675 e. The fraction of sp³-hybridized carbons (Fsp3) is 0.647. The standard InChI is InChI=1S/C17H30Si/c1-5-9-10-11-16-12-14-17(15-13-16)18(6-2,7-3)8-4/h12-15H,5-11H2,1-4H3. The first-order chi connectivity index (χ1) is 8.72. The lowest BCUT2D eigenvalue weighted by Crippen LogP contribution is -2.45. The smallest absolute Gasteiger partial charge is 0.0675 e. The number of benzene rings is 1. The van der Waals surface area contributed by atoms with Gasteiger partial charge in [-0.05, 0) is 18.4 Å². The molecule has 0 aliphatic carbocycles. The van der Waals surface area contributed by atoms with E-state index in [0.29, 0.717) is 0 Å². The summed E-state index contributed by atoms with van der Waals surface area (Å²) in [5.74, 6) is 0. The molecule has 0 spiro atoms. The lowest BCUT2D eigenvalue weighted by Gasteiger charge is -2.28. The number of unbranched alkanes of at least 4 members (excludes halogenated alkanes) is 2. The summed E-state index contributed by atoms with van der Waals surface area (Å²) in [5.41, 5.74) is 1.53. The van der Waals surface area contributed by atoms with Crippen LogP contribution in [-0.4, -0.2) is 8.07 Å². The van der Waals surface area contributed by atoms with Crippen LogP contribution in [0.1, 0.15) is 52.5 Å². The molecule has 0 nitrogen and oxygen atoms in total. The van der Waals surface area contributed by atoms with Crippen molar-refractivity contribution in [3.8, 4) is 0 Å². The zero-order chi connectivity index (χ0) is 13.4. The normalized spacial score (nSPS) is 11.8. The summed E-state index contributed by atoms with van der Waals surface area (Å²) >= 11 is 0. The molecular formula is C17H30Si. The molecule has 1 rings (SSSR count). The lowest BCUT2D eigenvalue weighted by molar-refractivity contribution is 0.717. The Balaban J connectivity index is 2.74. The van der Waals surface area contributed by atoms with Crippen LogP contribution in [-0.2, 0) is 6.42 Å². The first-order valence-corrected chi connectivity index (χ1v) is 10.4. The predicted octanol–water partition coefficient (Wildman–Crippen LogP) is 5.13. The van der Waals surface area contributed by atoms with Gasteiger partial charge in [0.15, 0.2) is 0 Å². The average Bonchev–Trinajstić information content (AvgIpc) is 2.43. The van der Waals surface area contributed by atoms with Gasteiger partial charge in [0.25, 0.3) is 0 Å². The molecule has 18 heavy (non-hydrogen) atoms. The molecule has 0 unspecified atom stereocenters. The van der Waals surface area contributed by atoms with Gasteiger partial charge in [-0.3, -0.25) is 0 Å². The van der Waals surface area contributed by atoms with E-state index in [1.54, 1.807) is 5.19 Å². The Morgan fingerprint density at radius 3 is 1.78 bits per heavy atom. The minimum atomic E-state index is -1.15. The molecule has 0 saturated heterocycles. The molecule has 0 fully saturated rings. The largest absolute Gasteiger partial charge is 0.0859 e. The maximum atomic E-state index is 2.43. The fourth-order valence-corrected chi connectivity index (χ4v) is 6.56. The van der Waals surface area contributed by atoms with Crippen LogP contribution in [0.5, 0.6) is 0 Å². The van der Waals surface area contributed by atoms with Crippen LogP contribution in [0.15, 0.2) is 24.3 Å². The zero-order valence-electron chi connectivity index (χ0n) is 12.8. The van der Waals surface area contributed by atoms with Crippen LogP contribution in [0.3, 0.4) is 0 Å². The van der Waals surface area contributed by atoms with E-state index in [1.165, 1.54) is 49.4 Å². The molecule has 0 aliphatic heterocycles. The molecule has 0 amide bonds. The molecule has 102 valence electrons. The van der Waals surface area contributed by atoms with Gasteiger partial charge in [0, 0.05) is 0 Å². The fourth-order valence-electron chi connectivity index (χ4n) is 2.97. The molecule has 1 aromatic carbocycles. The van der Waals surface area contributed by atoms with E-state index >= 15 is 0 Å². The van der Waals surface area contributed by atoms with E-state index in [0.717, 1.165) is 0 Å². The second kappa shape index (κ2) is 7.78. The van der Waals surface area contributed by atoms with E-state index < -0.39 is 8.07 Å². The van der Waals surface area contributed by atoms with Crippen molar-refractivity contribution in [2.45, 2.75) is 71.5 Å². The van der Waals surface area contributed by atoms with Crippen molar-refractivity contribution in [2.24, 2.45) is 0 Å². The predicted molar refractivity (Wildman–Crippen MR) is 86.5 cm³/mol. The minimum absolute atomic E-state index is 1.15. The molecule has 0 N–H and O–H groups in total. The Morgan fingerprint density at radius 1 is 0.778 bits per heavy atom. The molecule has 1 heteroatoms. The third-order valence-electron chi connectivity index (χ3n) is 4.67. The van der Waals surface area contributed by atoms with Gasteiger partial charge >= 0.3 is 0 Å². The Kier molecular flexibility index (Phi) is 6.70. The van der Waals surface area contributed by atoms with Crippen molar-refractivity contribution in [1.29, 1.82) is 0 Å². The highest BCUT2D eigenvalue weighted by atomic mass is 28.3. The monoisotopic (exact) mass is 262 g/mol. The number of rotatable bonds is 8. The summed E-state index contributed by atoms with van der Waals surface area (Å²) in [6.07, 6.45) is 5.27. The molecule has 0 aromatic heterocycles. The van der Waals surface area contributed by atoms with Crippen LogP contribution in [0.25, 0.3) is 0 Å². The summed E-state index contributed by atoms with van der Waals surface area (Å²) < 4.78 is 0. The van der Waals surface area contributed by atoms with Crippen molar-refractivity contribution in [3.63, 3.8) is 0 Å². The topological polar surface area (TPSA) is 0 Å². The summed E-state index contributed by atoms with van der Waals surface area (Å²) in [6.45, 7) is 9.42. The average molecular weight is 263 g/mol. The molecule has 0 aliphatic rings. The maximum Gasteiger partial charge on any atom is 0.0859 e. The Bertz CT molecular complexity index is 314. The van der Waals surface area contributed by atoms with Gasteiger partial charge in [-0.25, -0.2) is 0 Å². The van der Waals surface area contributed by atoms with Gasteiger partial charge in [0.05, 0.1) is 8.07 Å². The van der Waals surface area contributed by atoms with E-state index in [1.807, 2.05) is 0 Å². The summed E-state index contributed by atoms with van der Waals surface area (Å²) in [4.78, 5) is 0. The summed E-state index contributed by atoms with van der Waals surface area (Å²) in [7, 11) is -1.15. The van der Waals surface area contributed by atoms with Gasteiger partial charge in [-0.15, -0.1) is 0 Å². The Labute approximate surface area is 115 Å². The van der Waals surface area contributed by atoms with Crippen molar-refractivity contribution in [2.75, 3.05) is 0 Å². The van der Waals surface area contributed by atoms with Crippen molar-refractivity contribution >= 4 is 13.3 Å². The first-order valence-electron chi connectivity index (χ1n) is 7.81. The summed E-state index contributed by atoms with van der Waals surface area (Å²) in [6, 6.07) is 13.8. The van der Waals surface area contributed by atoms with Crippen molar-refractivity contribution < 1.29 is 0 Å². The van der Waals surface area contributed by atoms with E-state index in [2.05, 4.69) is 52.0 Å². The molecule has 0 heterocycles. The van der Waals surface area contributed by atoms with E-state index in [4.69, 9.17) is 0 Å². The lowest BCUT2D eigenvalue weighted by atomic mass is 10.1. The van der Waals surface area contributed by atoms with Crippen molar-refractivity contribution in [3.05, 3.63) is 29.8 Å². The zero-order valence-corrected chi connectivity index (χ0v) is 13.8. The Hall–Kier alpha value is -0.563. The summed E-state index contributed by atoms with van der Waals surface area (Å²) in [5, 5.41) is 1.68. The van der Waals surface area contributed by atoms with Crippen LogP contribution >= 0.6 is 0 Å². The molecule has 1 aromatic rings. The molecular weight excluding hydrogens is 232 g/mol. The van der Waals surface area contributed by atoms with Crippen LogP contribution in [0.4, 0.5) is 0 Å². The quantitative estimate of drug-likeness (QED) is 0.450. The van der Waals surface area contributed by atoms with Crippen molar-refractivity contribution in [1.82, 2.24) is 0 Å². The maximum absolute atomic E-state index is 2.43. The second-order valence-electron chi connectivity index (χ2n) is 5.50. The van der Waals surface area contributed by atoms with Crippen LogP contribution in [0, 0.1) is 0 Å². The molecule has 0 bridgehead atoms. The SMILES string of the molecule is CCCCCc1ccc([Si](CC)(CC)CC)cc1. The van der Waals surface area contributed by atoms with Gasteiger partial charge in [-0.2, -0.15) is 0 Å². The van der Waals surface area contributed by atoms with E-state index in [9.17, 15) is 0 Å². The van der Waals surface area contributed by atoms with Gasteiger partial charge in [-0.1, -0.05) is 88.1 Å². The molecule has 0 saturated carbocycles. The number of aryl methyl sites for hydroxylation is 1. The van der Waals surface area contributed by atoms with Gasteiger partial charge < -0.3 is 0 Å². The van der Waals surface area contributed by atoms with Crippen LogP contribution in [0.2, 0.25) is 18.1 Å². The number of hydrogen-bond acceptors (Lipinski definition) is 0. The molecule has 0 atom stereocenters. The highest BCUT2D eigenvalue weighted by molar-refractivity contribution is 6.91. The van der Waals surface area contributed by atoms with Crippen LogP contribution < -0.4 is 5.19 Å².